The van der Waals surface area contributed by atoms with E-state index >= 15 is 0 Å². The molecular formula is C26H33NO5S. The van der Waals surface area contributed by atoms with Gasteiger partial charge in [-0.25, -0.2) is 13.2 Å². The molecule has 178 valence electrons. The first kappa shape index (κ1) is 24.8. The second-order valence-corrected chi connectivity index (χ2v) is 11.1. The van der Waals surface area contributed by atoms with Gasteiger partial charge in [-0.3, -0.25) is 4.72 Å². The Labute approximate surface area is 196 Å². The predicted molar refractivity (Wildman–Crippen MR) is 131 cm³/mol. The Morgan fingerprint density at radius 1 is 1.06 bits per heavy atom. The molecule has 6 nitrogen and oxygen atoms in total. The van der Waals surface area contributed by atoms with Crippen LogP contribution in [0.5, 0.6) is 0 Å². The molecule has 1 heterocycles. The van der Waals surface area contributed by atoms with Crippen molar-refractivity contribution in [3.8, 4) is 0 Å². The van der Waals surface area contributed by atoms with Crippen LogP contribution in [0.25, 0.3) is 11.0 Å². The molecule has 0 radical (unpaired) electrons. The number of hydrogen-bond donors (Lipinski definition) is 1. The summed E-state index contributed by atoms with van der Waals surface area (Å²) < 4.78 is 40.0. The maximum absolute atomic E-state index is 13.1. The molecule has 0 unspecified atom stereocenters. The van der Waals surface area contributed by atoms with E-state index in [2.05, 4.69) is 32.4 Å². The lowest BCUT2D eigenvalue weighted by atomic mass is 9.87. The van der Waals surface area contributed by atoms with Gasteiger partial charge in [-0.05, 0) is 61.1 Å². The number of unbranched alkanes of at least 4 members (excludes halogenated alkanes) is 2. The first-order valence-corrected chi connectivity index (χ1v) is 12.8. The summed E-state index contributed by atoms with van der Waals surface area (Å²) in [4.78, 5) is 12.9. The zero-order chi connectivity index (χ0) is 24.4. The molecule has 0 aliphatic rings. The summed E-state index contributed by atoms with van der Waals surface area (Å²) >= 11 is 0. The number of esters is 1. The summed E-state index contributed by atoms with van der Waals surface area (Å²) in [7, 11) is -3.81. The average molecular weight is 472 g/mol. The minimum Gasteiger partial charge on any atom is -0.462 e. The molecule has 2 aromatic carbocycles. The summed E-state index contributed by atoms with van der Waals surface area (Å²) in [6.07, 6.45) is 2.82. The van der Waals surface area contributed by atoms with Gasteiger partial charge in [0.05, 0.1) is 17.2 Å². The van der Waals surface area contributed by atoms with E-state index in [4.69, 9.17) is 9.15 Å². The van der Waals surface area contributed by atoms with Crippen LogP contribution >= 0.6 is 0 Å². The molecule has 7 heteroatoms. The van der Waals surface area contributed by atoms with Crippen molar-refractivity contribution in [2.45, 2.75) is 71.1 Å². The number of benzene rings is 2. The van der Waals surface area contributed by atoms with Crippen LogP contribution < -0.4 is 4.72 Å². The van der Waals surface area contributed by atoms with E-state index in [9.17, 15) is 13.2 Å². The first-order chi connectivity index (χ1) is 15.4. The van der Waals surface area contributed by atoms with Crippen molar-refractivity contribution in [1.82, 2.24) is 0 Å². The standard InChI is InChI=1S/C26H33NO5S/c1-7-8-9-14-31-25(28)24-18(3)32-23-15-17(2)22(16-21(23)24)27-33(29,30)20-12-10-19(11-13-20)26(4,5)6/h10-13,15-16,27H,7-9,14H2,1-6H3. The predicted octanol–water partition coefficient (Wildman–Crippen LogP) is 6.49. The van der Waals surface area contributed by atoms with Crippen molar-refractivity contribution in [1.29, 1.82) is 0 Å². The van der Waals surface area contributed by atoms with Gasteiger partial charge >= 0.3 is 5.97 Å². The van der Waals surface area contributed by atoms with Crippen molar-refractivity contribution < 1.29 is 22.4 Å². The highest BCUT2D eigenvalue weighted by atomic mass is 32.2. The Bertz CT molecular complexity index is 1250. The molecule has 0 saturated carbocycles. The lowest BCUT2D eigenvalue weighted by molar-refractivity contribution is 0.0498. The van der Waals surface area contributed by atoms with E-state index in [0.717, 1.165) is 24.8 Å². The molecule has 1 N–H and O–H groups in total. The number of anilines is 1. The van der Waals surface area contributed by atoms with E-state index in [-0.39, 0.29) is 10.3 Å². The van der Waals surface area contributed by atoms with Crippen LogP contribution in [0.4, 0.5) is 5.69 Å². The Kier molecular flexibility index (Phi) is 7.22. The third-order valence-electron chi connectivity index (χ3n) is 5.67. The summed E-state index contributed by atoms with van der Waals surface area (Å²) in [6, 6.07) is 10.3. The van der Waals surface area contributed by atoms with Crippen molar-refractivity contribution >= 4 is 32.6 Å². The van der Waals surface area contributed by atoms with Crippen molar-refractivity contribution in [3.63, 3.8) is 0 Å². The summed E-state index contributed by atoms with van der Waals surface area (Å²) in [5, 5.41) is 0.527. The number of carbonyl (C=O) groups is 1. The van der Waals surface area contributed by atoms with Crippen LogP contribution in [-0.2, 0) is 20.2 Å². The van der Waals surface area contributed by atoms with Gasteiger partial charge in [0.25, 0.3) is 10.0 Å². The number of hydrogen-bond acceptors (Lipinski definition) is 5. The van der Waals surface area contributed by atoms with E-state index in [1.165, 1.54) is 0 Å². The number of carbonyl (C=O) groups excluding carboxylic acids is 1. The van der Waals surface area contributed by atoms with Gasteiger partial charge < -0.3 is 9.15 Å². The summed E-state index contributed by atoms with van der Waals surface area (Å²) in [5.74, 6) is -0.0135. The third kappa shape index (κ3) is 5.58. The third-order valence-corrected chi connectivity index (χ3v) is 7.05. The molecule has 3 rings (SSSR count). The van der Waals surface area contributed by atoms with Crippen LogP contribution in [0.3, 0.4) is 0 Å². The van der Waals surface area contributed by atoms with Crippen molar-refractivity contribution in [2.24, 2.45) is 0 Å². The topological polar surface area (TPSA) is 85.6 Å². The zero-order valence-corrected chi connectivity index (χ0v) is 21.1. The molecule has 0 aliphatic carbocycles. The molecule has 0 atom stereocenters. The molecule has 0 amide bonds. The fraction of sp³-hybridized carbons (Fsp3) is 0.423. The number of fused-ring (bicyclic) bond motifs is 1. The number of rotatable bonds is 8. The molecule has 33 heavy (non-hydrogen) atoms. The maximum Gasteiger partial charge on any atom is 0.342 e. The van der Waals surface area contributed by atoms with E-state index in [0.29, 0.717) is 40.2 Å². The molecule has 0 bridgehead atoms. The Balaban J connectivity index is 1.91. The molecule has 1 aromatic heterocycles. The summed E-state index contributed by atoms with van der Waals surface area (Å²) in [6.45, 7) is 12.2. The largest absolute Gasteiger partial charge is 0.462 e. The van der Waals surface area contributed by atoms with Gasteiger partial charge in [-0.1, -0.05) is 52.7 Å². The Morgan fingerprint density at radius 3 is 2.33 bits per heavy atom. The SMILES string of the molecule is CCCCCOC(=O)c1c(C)oc2cc(C)c(NS(=O)(=O)c3ccc(C(C)(C)C)cc3)cc12. The van der Waals surface area contributed by atoms with Gasteiger partial charge in [0.2, 0.25) is 0 Å². The number of aryl methyl sites for hydroxylation is 2. The highest BCUT2D eigenvalue weighted by Gasteiger charge is 2.23. The number of sulfonamides is 1. The van der Waals surface area contributed by atoms with Crippen LogP contribution in [0.1, 0.15) is 74.2 Å². The van der Waals surface area contributed by atoms with Gasteiger partial charge in [0, 0.05) is 5.39 Å². The zero-order valence-electron chi connectivity index (χ0n) is 20.2. The quantitative estimate of drug-likeness (QED) is 0.300. The Morgan fingerprint density at radius 2 is 1.73 bits per heavy atom. The normalized spacial score (nSPS) is 12.2. The molecular weight excluding hydrogens is 438 g/mol. The first-order valence-electron chi connectivity index (χ1n) is 11.3. The highest BCUT2D eigenvalue weighted by molar-refractivity contribution is 7.92. The van der Waals surface area contributed by atoms with E-state index in [1.807, 2.05) is 12.1 Å². The van der Waals surface area contributed by atoms with E-state index in [1.54, 1.807) is 38.1 Å². The fourth-order valence-electron chi connectivity index (χ4n) is 3.66. The van der Waals surface area contributed by atoms with Crippen LogP contribution in [-0.4, -0.2) is 21.0 Å². The van der Waals surface area contributed by atoms with Gasteiger partial charge in [0.15, 0.2) is 0 Å². The monoisotopic (exact) mass is 471 g/mol. The van der Waals surface area contributed by atoms with Crippen LogP contribution in [0.2, 0.25) is 0 Å². The smallest absolute Gasteiger partial charge is 0.342 e. The highest BCUT2D eigenvalue weighted by Crippen LogP contribution is 2.32. The molecule has 0 fully saturated rings. The molecule has 3 aromatic rings. The lowest BCUT2D eigenvalue weighted by Crippen LogP contribution is -2.15. The Hall–Kier alpha value is -2.80. The number of furan rings is 1. The van der Waals surface area contributed by atoms with Crippen LogP contribution in [0.15, 0.2) is 45.7 Å². The molecule has 0 aliphatic heterocycles. The summed E-state index contributed by atoms with van der Waals surface area (Å²) in [5.41, 5.74) is 2.91. The second-order valence-electron chi connectivity index (χ2n) is 9.42. The van der Waals surface area contributed by atoms with E-state index < -0.39 is 16.0 Å². The van der Waals surface area contributed by atoms with Gasteiger partial charge in [0.1, 0.15) is 16.9 Å². The number of ether oxygens (including phenoxy) is 1. The van der Waals surface area contributed by atoms with Gasteiger partial charge in [-0.15, -0.1) is 0 Å². The number of nitrogens with one attached hydrogen (secondary N) is 1. The second kappa shape index (κ2) is 9.59. The van der Waals surface area contributed by atoms with Crippen LogP contribution in [0, 0.1) is 13.8 Å². The molecule has 0 saturated heterocycles. The molecule has 0 spiro atoms. The van der Waals surface area contributed by atoms with Crippen molar-refractivity contribution in [2.75, 3.05) is 11.3 Å². The average Bonchev–Trinajstić information content (AvgIpc) is 3.05. The maximum atomic E-state index is 13.1. The fourth-order valence-corrected chi connectivity index (χ4v) is 4.78. The lowest BCUT2D eigenvalue weighted by Gasteiger charge is -2.19. The van der Waals surface area contributed by atoms with Gasteiger partial charge in [-0.2, -0.15) is 0 Å². The van der Waals surface area contributed by atoms with Crippen molar-refractivity contribution in [3.05, 3.63) is 58.8 Å². The minimum atomic E-state index is -3.81. The minimum absolute atomic E-state index is 0.0714.